The van der Waals surface area contributed by atoms with E-state index in [1.54, 1.807) is 0 Å². The van der Waals surface area contributed by atoms with Crippen LogP contribution < -0.4 is 0 Å². The van der Waals surface area contributed by atoms with Crippen LogP contribution in [-0.4, -0.2) is 72.5 Å². The maximum atomic E-state index is 12.7. The Labute approximate surface area is 190 Å². The first-order valence-electron chi connectivity index (χ1n) is 9.47. The second kappa shape index (κ2) is 12.9. The van der Waals surface area contributed by atoms with Crippen molar-refractivity contribution in [3.63, 3.8) is 0 Å². The third kappa shape index (κ3) is 13.7. The molecule has 2 unspecified atom stereocenters. The number of halogens is 12. The van der Waals surface area contributed by atoms with E-state index in [1.807, 2.05) is 0 Å². The monoisotopic (exact) mass is 546 g/mol. The molecular weight excluding hydrogens is 524 g/mol. The van der Waals surface area contributed by atoms with Crippen LogP contribution in [0.1, 0.15) is 26.7 Å². The van der Waals surface area contributed by atoms with Crippen LogP contribution in [0.25, 0.3) is 0 Å². The van der Waals surface area contributed by atoms with Crippen LogP contribution in [0.3, 0.4) is 0 Å². The predicted octanol–water partition coefficient (Wildman–Crippen LogP) is 5.33. The minimum atomic E-state index is -5.86. The Kier molecular flexibility index (Phi) is 12.2. The SMILES string of the molecule is CC(O)CC(=CCOCC=C(CC(C)O)OC(C(F)(F)F)C(F)(F)F)OC(C(F)(F)F)C(F)(F)F. The van der Waals surface area contributed by atoms with Crippen molar-refractivity contribution in [1.29, 1.82) is 0 Å². The molecule has 2 N–H and O–H groups in total. The van der Waals surface area contributed by atoms with E-state index in [0.29, 0.717) is 12.2 Å². The molecule has 0 spiro atoms. The van der Waals surface area contributed by atoms with Crippen molar-refractivity contribution in [1.82, 2.24) is 0 Å². The van der Waals surface area contributed by atoms with Crippen LogP contribution in [0.5, 0.6) is 0 Å². The van der Waals surface area contributed by atoms with Gasteiger partial charge in [-0.3, -0.25) is 0 Å². The molecule has 0 bridgehead atoms. The van der Waals surface area contributed by atoms with Crippen LogP contribution in [0.4, 0.5) is 52.7 Å². The van der Waals surface area contributed by atoms with E-state index in [1.165, 1.54) is 0 Å². The largest absolute Gasteiger partial charge is 0.476 e. The highest BCUT2D eigenvalue weighted by Gasteiger charge is 2.60. The minimum absolute atomic E-state index is 0.564. The number of hydrogen-bond acceptors (Lipinski definition) is 5. The smallest absolute Gasteiger partial charge is 0.434 e. The summed E-state index contributed by atoms with van der Waals surface area (Å²) in [6.07, 6.45) is -35.3. The molecule has 0 saturated heterocycles. The van der Waals surface area contributed by atoms with Crippen molar-refractivity contribution < 1.29 is 77.1 Å². The first kappa shape index (κ1) is 33.1. The molecule has 0 aromatic carbocycles. The molecule has 0 heterocycles. The van der Waals surface area contributed by atoms with Gasteiger partial charge in [-0.05, 0) is 26.0 Å². The normalized spacial score (nSPS) is 16.6. The maximum absolute atomic E-state index is 12.7. The van der Waals surface area contributed by atoms with Crippen LogP contribution in [0, 0.1) is 0 Å². The van der Waals surface area contributed by atoms with Gasteiger partial charge in [0.15, 0.2) is 0 Å². The molecule has 0 fully saturated rings. The number of alkyl halides is 12. The Morgan fingerprint density at radius 1 is 0.600 bits per heavy atom. The molecule has 0 aliphatic heterocycles. The fourth-order valence-electron chi connectivity index (χ4n) is 2.25. The number of aliphatic hydroxyl groups is 2. The minimum Gasteiger partial charge on any atom is -0.476 e. The van der Waals surface area contributed by atoms with Crippen molar-refractivity contribution in [2.45, 2.75) is 75.8 Å². The topological polar surface area (TPSA) is 68.2 Å². The Hall–Kier alpha value is -1.88. The Balaban J connectivity index is 5.48. The van der Waals surface area contributed by atoms with Gasteiger partial charge in [0.2, 0.25) is 0 Å². The zero-order chi connectivity index (χ0) is 27.8. The lowest BCUT2D eigenvalue weighted by atomic mass is 10.2. The van der Waals surface area contributed by atoms with Crippen molar-refractivity contribution >= 4 is 0 Å². The maximum Gasteiger partial charge on any atom is 0.434 e. The van der Waals surface area contributed by atoms with Crippen LogP contribution in [0.2, 0.25) is 0 Å². The van der Waals surface area contributed by atoms with E-state index < -0.39 is 86.7 Å². The van der Waals surface area contributed by atoms with Gasteiger partial charge in [0.05, 0.1) is 36.9 Å². The van der Waals surface area contributed by atoms with Gasteiger partial charge in [-0.2, -0.15) is 52.7 Å². The van der Waals surface area contributed by atoms with Crippen LogP contribution in [0.15, 0.2) is 23.7 Å². The average Bonchev–Trinajstić information content (AvgIpc) is 2.58. The number of ether oxygens (including phenoxy) is 3. The second-order valence-corrected chi connectivity index (χ2v) is 7.15. The van der Waals surface area contributed by atoms with Gasteiger partial charge < -0.3 is 24.4 Å². The summed E-state index contributed by atoms with van der Waals surface area (Å²) in [7, 11) is 0. The van der Waals surface area contributed by atoms with Crippen LogP contribution >= 0.6 is 0 Å². The summed E-state index contributed by atoms with van der Waals surface area (Å²) in [6, 6.07) is 0. The van der Waals surface area contributed by atoms with Gasteiger partial charge in [-0.1, -0.05) is 0 Å². The van der Waals surface area contributed by atoms with Gasteiger partial charge in [-0.15, -0.1) is 0 Å². The fourth-order valence-corrected chi connectivity index (χ4v) is 2.25. The highest BCUT2D eigenvalue weighted by molar-refractivity contribution is 5.00. The quantitative estimate of drug-likeness (QED) is 0.197. The molecule has 0 aromatic rings. The van der Waals surface area contributed by atoms with E-state index in [4.69, 9.17) is 4.74 Å². The van der Waals surface area contributed by atoms with E-state index in [9.17, 15) is 62.9 Å². The Morgan fingerprint density at radius 2 is 0.857 bits per heavy atom. The summed E-state index contributed by atoms with van der Waals surface area (Å²) in [5, 5.41) is 18.5. The molecule has 0 rings (SSSR count). The van der Waals surface area contributed by atoms with Gasteiger partial charge >= 0.3 is 24.7 Å². The predicted molar refractivity (Wildman–Crippen MR) is 93.5 cm³/mol. The Morgan fingerprint density at radius 3 is 1.06 bits per heavy atom. The first-order valence-corrected chi connectivity index (χ1v) is 9.47. The third-order valence-electron chi connectivity index (χ3n) is 3.58. The lowest BCUT2D eigenvalue weighted by Gasteiger charge is -2.26. The molecular formula is C18H22F12O5. The summed E-state index contributed by atoms with van der Waals surface area (Å²) in [5.74, 6) is -1.98. The van der Waals surface area contributed by atoms with Gasteiger partial charge in [0, 0.05) is 12.8 Å². The van der Waals surface area contributed by atoms with Gasteiger partial charge in [-0.25, -0.2) is 0 Å². The number of rotatable bonds is 12. The summed E-state index contributed by atoms with van der Waals surface area (Å²) in [4.78, 5) is 0. The summed E-state index contributed by atoms with van der Waals surface area (Å²) in [5.41, 5.74) is 0. The third-order valence-corrected chi connectivity index (χ3v) is 3.58. The summed E-state index contributed by atoms with van der Waals surface area (Å²) in [6.45, 7) is 0.415. The molecule has 0 radical (unpaired) electrons. The van der Waals surface area contributed by atoms with Gasteiger partial charge in [0.1, 0.15) is 0 Å². The molecule has 208 valence electrons. The van der Waals surface area contributed by atoms with Crippen molar-refractivity contribution in [3.05, 3.63) is 23.7 Å². The lowest BCUT2D eigenvalue weighted by molar-refractivity contribution is -0.314. The average molecular weight is 546 g/mol. The molecule has 0 aliphatic rings. The van der Waals surface area contributed by atoms with E-state index in [-0.39, 0.29) is 0 Å². The number of hydrogen-bond donors (Lipinski definition) is 2. The second-order valence-electron chi connectivity index (χ2n) is 7.15. The van der Waals surface area contributed by atoms with Crippen molar-refractivity contribution in [3.8, 4) is 0 Å². The number of aliphatic hydroxyl groups excluding tert-OH is 2. The van der Waals surface area contributed by atoms with Crippen molar-refractivity contribution in [2.24, 2.45) is 0 Å². The first-order chi connectivity index (χ1) is 15.5. The molecule has 0 amide bonds. The van der Waals surface area contributed by atoms with Crippen molar-refractivity contribution in [2.75, 3.05) is 13.2 Å². The highest BCUT2D eigenvalue weighted by atomic mass is 19.4. The fraction of sp³-hybridized carbons (Fsp3) is 0.778. The van der Waals surface area contributed by atoms with E-state index in [0.717, 1.165) is 13.8 Å². The molecule has 17 heteroatoms. The lowest BCUT2D eigenvalue weighted by Crippen LogP contribution is -2.44. The zero-order valence-electron chi connectivity index (χ0n) is 17.9. The molecule has 5 nitrogen and oxygen atoms in total. The van der Waals surface area contributed by atoms with E-state index in [2.05, 4.69) is 9.47 Å². The van der Waals surface area contributed by atoms with Gasteiger partial charge in [0.25, 0.3) is 12.2 Å². The summed E-state index contributed by atoms with van der Waals surface area (Å²) >= 11 is 0. The Bertz CT molecular complexity index is 604. The molecule has 35 heavy (non-hydrogen) atoms. The highest BCUT2D eigenvalue weighted by Crippen LogP contribution is 2.38. The zero-order valence-corrected chi connectivity index (χ0v) is 17.9. The van der Waals surface area contributed by atoms with E-state index >= 15 is 0 Å². The standard InChI is InChI=1S/C18H22F12O5/c1-9(31)7-11(34-13(15(19,20)21)16(22,23)24)3-5-33-6-4-12(8-10(2)32)35-14(17(25,26)27)18(28,29)30/h3-4,9-10,13-14,31-32H,5-8H2,1-2H3. The van der Waals surface area contributed by atoms with Crippen LogP contribution in [-0.2, 0) is 14.2 Å². The molecule has 2 atom stereocenters. The summed E-state index contributed by atoms with van der Waals surface area (Å²) < 4.78 is 164. The molecule has 0 aliphatic carbocycles. The molecule has 0 saturated carbocycles. The molecule has 0 aromatic heterocycles.